The summed E-state index contributed by atoms with van der Waals surface area (Å²) in [5.74, 6) is 0.900. The summed E-state index contributed by atoms with van der Waals surface area (Å²) in [6, 6.07) is 7.94. The summed E-state index contributed by atoms with van der Waals surface area (Å²) in [4.78, 5) is 11.5. The Morgan fingerprint density at radius 3 is 2.70 bits per heavy atom. The van der Waals surface area contributed by atoms with Gasteiger partial charge < -0.3 is 15.4 Å². The van der Waals surface area contributed by atoms with Crippen LogP contribution in [0.5, 0.6) is 5.75 Å². The van der Waals surface area contributed by atoms with Crippen molar-refractivity contribution in [3.05, 3.63) is 29.8 Å². The number of hydrogen-bond donors (Lipinski definition) is 2. The highest BCUT2D eigenvalue weighted by Gasteiger charge is 2.17. The lowest BCUT2D eigenvalue weighted by Crippen LogP contribution is -2.31. The molecule has 0 radical (unpaired) electrons. The van der Waals surface area contributed by atoms with Crippen LogP contribution in [0.1, 0.15) is 31.2 Å². The fourth-order valence-electron chi connectivity index (χ4n) is 2.37. The van der Waals surface area contributed by atoms with Gasteiger partial charge in [0.2, 0.25) is 5.91 Å². The van der Waals surface area contributed by atoms with Crippen molar-refractivity contribution in [3.8, 4) is 5.75 Å². The lowest BCUT2D eigenvalue weighted by molar-refractivity contribution is -0.120. The van der Waals surface area contributed by atoms with Gasteiger partial charge in [-0.2, -0.15) is 0 Å². The number of benzene rings is 1. The van der Waals surface area contributed by atoms with Gasteiger partial charge in [0, 0.05) is 12.1 Å². The zero-order chi connectivity index (χ0) is 13.5. The zero-order valence-electron chi connectivity index (χ0n) is 11.9. The maximum Gasteiger partial charge on any atom is 0.234 e. The van der Waals surface area contributed by atoms with Crippen LogP contribution in [0.3, 0.4) is 0 Å². The van der Waals surface area contributed by atoms with E-state index in [1.165, 1.54) is 12.8 Å². The second-order valence-electron chi connectivity index (χ2n) is 4.94. The van der Waals surface area contributed by atoms with Gasteiger partial charge in [-0.15, -0.1) is 12.4 Å². The van der Waals surface area contributed by atoms with E-state index in [1.807, 2.05) is 24.3 Å². The van der Waals surface area contributed by atoms with E-state index in [1.54, 1.807) is 7.05 Å². The Kier molecular flexibility index (Phi) is 7.41. The van der Waals surface area contributed by atoms with E-state index < -0.39 is 0 Å². The molecule has 0 aliphatic heterocycles. The van der Waals surface area contributed by atoms with Crippen LogP contribution in [0, 0.1) is 0 Å². The van der Waals surface area contributed by atoms with Crippen LogP contribution in [0.2, 0.25) is 0 Å². The summed E-state index contributed by atoms with van der Waals surface area (Å²) in [6.45, 7) is 0.856. The Morgan fingerprint density at radius 2 is 2.00 bits per heavy atom. The highest BCUT2D eigenvalue weighted by Crippen LogP contribution is 2.26. The molecule has 1 aromatic rings. The molecule has 0 spiro atoms. The molecule has 0 aromatic heterocycles. The van der Waals surface area contributed by atoms with Crippen LogP contribution in [0.15, 0.2) is 24.3 Å². The first kappa shape index (κ1) is 16.8. The minimum atomic E-state index is -0.00169. The molecule has 1 aromatic carbocycles. The number of nitrogens with one attached hydrogen (secondary N) is 2. The zero-order valence-corrected chi connectivity index (χ0v) is 12.7. The number of carbonyl (C=O) groups is 1. The number of halogens is 1. The van der Waals surface area contributed by atoms with Crippen molar-refractivity contribution >= 4 is 18.3 Å². The predicted molar refractivity (Wildman–Crippen MR) is 82.3 cm³/mol. The van der Waals surface area contributed by atoms with E-state index in [9.17, 15) is 4.79 Å². The van der Waals surface area contributed by atoms with Gasteiger partial charge in [-0.25, -0.2) is 0 Å². The molecule has 4 nitrogen and oxygen atoms in total. The molecule has 5 heteroatoms. The minimum absolute atomic E-state index is 0. The SMILES string of the molecule is CNCC(=O)NCc1ccccc1OC1CCCC1.Cl. The van der Waals surface area contributed by atoms with Crippen molar-refractivity contribution < 1.29 is 9.53 Å². The summed E-state index contributed by atoms with van der Waals surface area (Å²) in [7, 11) is 1.76. The summed E-state index contributed by atoms with van der Waals surface area (Å²) in [6.07, 6.45) is 5.13. The Labute approximate surface area is 126 Å². The molecule has 20 heavy (non-hydrogen) atoms. The highest BCUT2D eigenvalue weighted by atomic mass is 35.5. The normalized spacial score (nSPS) is 14.7. The number of para-hydroxylation sites is 1. The average Bonchev–Trinajstić information content (AvgIpc) is 2.91. The van der Waals surface area contributed by atoms with Gasteiger partial charge in [-0.1, -0.05) is 18.2 Å². The number of hydrogen-bond acceptors (Lipinski definition) is 3. The fourth-order valence-corrected chi connectivity index (χ4v) is 2.37. The molecule has 0 bridgehead atoms. The van der Waals surface area contributed by atoms with Gasteiger partial charge in [0.1, 0.15) is 5.75 Å². The first-order valence-electron chi connectivity index (χ1n) is 6.95. The first-order chi connectivity index (χ1) is 9.29. The number of ether oxygens (including phenoxy) is 1. The Bertz CT molecular complexity index is 420. The molecule has 112 valence electrons. The topological polar surface area (TPSA) is 50.4 Å². The molecular weight excluding hydrogens is 276 g/mol. The predicted octanol–water partition coefficient (Wildman–Crippen LogP) is 2.27. The standard InChI is InChI=1S/C15H22N2O2.ClH/c1-16-11-15(18)17-10-12-6-2-5-9-14(12)19-13-7-3-4-8-13;/h2,5-6,9,13,16H,3-4,7-8,10-11H2,1H3,(H,17,18);1H. The second kappa shape index (κ2) is 8.82. The largest absolute Gasteiger partial charge is 0.490 e. The van der Waals surface area contributed by atoms with Crippen molar-refractivity contribution in [2.75, 3.05) is 13.6 Å². The molecule has 1 fully saturated rings. The minimum Gasteiger partial charge on any atom is -0.490 e. The van der Waals surface area contributed by atoms with Crippen LogP contribution < -0.4 is 15.4 Å². The number of carbonyl (C=O) groups excluding carboxylic acids is 1. The number of amides is 1. The van der Waals surface area contributed by atoms with E-state index >= 15 is 0 Å². The van der Waals surface area contributed by atoms with Gasteiger partial charge >= 0.3 is 0 Å². The van der Waals surface area contributed by atoms with Crippen molar-refractivity contribution in [3.63, 3.8) is 0 Å². The van der Waals surface area contributed by atoms with Gasteiger partial charge in [0.15, 0.2) is 0 Å². The fraction of sp³-hybridized carbons (Fsp3) is 0.533. The Hall–Kier alpha value is -1.26. The lowest BCUT2D eigenvalue weighted by atomic mass is 10.2. The second-order valence-corrected chi connectivity index (χ2v) is 4.94. The van der Waals surface area contributed by atoms with Crippen molar-refractivity contribution in [1.82, 2.24) is 10.6 Å². The van der Waals surface area contributed by atoms with E-state index in [-0.39, 0.29) is 18.3 Å². The molecule has 2 N–H and O–H groups in total. The summed E-state index contributed by atoms with van der Waals surface area (Å²) < 4.78 is 6.03. The molecule has 0 heterocycles. The van der Waals surface area contributed by atoms with Crippen molar-refractivity contribution in [2.24, 2.45) is 0 Å². The first-order valence-corrected chi connectivity index (χ1v) is 6.95. The van der Waals surface area contributed by atoms with Crippen molar-refractivity contribution in [2.45, 2.75) is 38.3 Å². The smallest absolute Gasteiger partial charge is 0.234 e. The molecule has 1 amide bonds. The van der Waals surface area contributed by atoms with Crippen LogP contribution in [-0.2, 0) is 11.3 Å². The van der Waals surface area contributed by atoms with Gasteiger partial charge in [-0.3, -0.25) is 4.79 Å². The monoisotopic (exact) mass is 298 g/mol. The van der Waals surface area contributed by atoms with Crippen LogP contribution >= 0.6 is 12.4 Å². The van der Waals surface area contributed by atoms with Gasteiger partial charge in [0.05, 0.1) is 12.6 Å². The molecule has 0 atom stereocenters. The van der Waals surface area contributed by atoms with Crippen LogP contribution in [-0.4, -0.2) is 25.6 Å². The Balaban J connectivity index is 0.00000200. The van der Waals surface area contributed by atoms with Crippen LogP contribution in [0.25, 0.3) is 0 Å². The van der Waals surface area contributed by atoms with Crippen molar-refractivity contribution in [1.29, 1.82) is 0 Å². The van der Waals surface area contributed by atoms with E-state index in [2.05, 4.69) is 10.6 Å². The lowest BCUT2D eigenvalue weighted by Gasteiger charge is -2.16. The molecule has 1 aliphatic carbocycles. The third kappa shape index (κ3) is 5.02. The number of rotatable bonds is 6. The molecule has 0 saturated heterocycles. The van der Waals surface area contributed by atoms with Gasteiger partial charge in [0.25, 0.3) is 0 Å². The molecule has 1 saturated carbocycles. The third-order valence-electron chi connectivity index (χ3n) is 3.38. The molecule has 2 rings (SSSR count). The molecular formula is C15H23ClN2O2. The average molecular weight is 299 g/mol. The summed E-state index contributed by atoms with van der Waals surface area (Å²) in [5, 5.41) is 5.72. The quantitative estimate of drug-likeness (QED) is 0.847. The Morgan fingerprint density at radius 1 is 1.30 bits per heavy atom. The molecule has 0 unspecified atom stereocenters. The number of likely N-dealkylation sites (N-methyl/N-ethyl adjacent to an activating group) is 1. The van der Waals surface area contributed by atoms with E-state index in [0.717, 1.165) is 24.2 Å². The summed E-state index contributed by atoms with van der Waals surface area (Å²) in [5.41, 5.74) is 1.04. The maximum atomic E-state index is 11.5. The molecule has 1 aliphatic rings. The highest BCUT2D eigenvalue weighted by molar-refractivity contribution is 5.85. The van der Waals surface area contributed by atoms with E-state index in [0.29, 0.717) is 19.2 Å². The van der Waals surface area contributed by atoms with Crippen LogP contribution in [0.4, 0.5) is 0 Å². The van der Waals surface area contributed by atoms with E-state index in [4.69, 9.17) is 4.74 Å². The van der Waals surface area contributed by atoms with Gasteiger partial charge in [-0.05, 0) is 38.8 Å². The maximum absolute atomic E-state index is 11.5. The third-order valence-corrected chi connectivity index (χ3v) is 3.38. The summed E-state index contributed by atoms with van der Waals surface area (Å²) >= 11 is 0.